The standard InChI is InChI=1S/C6H6N2S/c1-2-5-4-8-9-6(5)7-3-1/h3-4H,1-2H2. The number of hydrogen-bond donors (Lipinski definition) is 0. The molecule has 0 amide bonds. The van der Waals surface area contributed by atoms with Gasteiger partial charge >= 0.3 is 0 Å². The summed E-state index contributed by atoms with van der Waals surface area (Å²) < 4.78 is 4.03. The van der Waals surface area contributed by atoms with Crippen molar-refractivity contribution < 1.29 is 0 Å². The molecule has 2 nitrogen and oxygen atoms in total. The molecule has 1 aromatic heterocycles. The second-order valence-corrected chi connectivity index (χ2v) is 2.79. The van der Waals surface area contributed by atoms with E-state index in [0.717, 1.165) is 17.8 Å². The molecule has 1 aliphatic heterocycles. The molecule has 0 unspecified atom stereocenters. The lowest BCUT2D eigenvalue weighted by atomic mass is 10.2. The summed E-state index contributed by atoms with van der Waals surface area (Å²) in [5, 5.41) is 1.10. The third kappa shape index (κ3) is 0.772. The van der Waals surface area contributed by atoms with E-state index in [0.29, 0.717) is 0 Å². The third-order valence-corrected chi connectivity index (χ3v) is 2.13. The first-order valence-corrected chi connectivity index (χ1v) is 3.70. The van der Waals surface area contributed by atoms with Gasteiger partial charge in [0.2, 0.25) is 0 Å². The molecule has 46 valence electrons. The summed E-state index contributed by atoms with van der Waals surface area (Å²) in [4.78, 5) is 4.18. The Morgan fingerprint density at radius 1 is 1.56 bits per heavy atom. The Morgan fingerprint density at radius 3 is 3.44 bits per heavy atom. The van der Waals surface area contributed by atoms with Crippen molar-refractivity contribution in [3.63, 3.8) is 0 Å². The summed E-state index contributed by atoms with van der Waals surface area (Å²) in [6.45, 7) is 0. The van der Waals surface area contributed by atoms with Crippen molar-refractivity contribution in [1.29, 1.82) is 0 Å². The topological polar surface area (TPSA) is 25.2 Å². The number of hydrogen-bond acceptors (Lipinski definition) is 3. The highest BCUT2D eigenvalue weighted by atomic mass is 32.1. The Balaban J connectivity index is 2.53. The fourth-order valence-corrected chi connectivity index (χ4v) is 1.57. The third-order valence-electron chi connectivity index (χ3n) is 1.37. The lowest BCUT2D eigenvalue weighted by molar-refractivity contribution is 1.04. The highest BCUT2D eigenvalue weighted by Gasteiger charge is 2.05. The highest BCUT2D eigenvalue weighted by molar-refractivity contribution is 7.10. The van der Waals surface area contributed by atoms with Crippen LogP contribution in [0, 0.1) is 0 Å². The molecular weight excluding hydrogens is 132 g/mol. The molecule has 1 aliphatic rings. The van der Waals surface area contributed by atoms with E-state index in [4.69, 9.17) is 0 Å². The van der Waals surface area contributed by atoms with Crippen molar-refractivity contribution in [3.8, 4) is 0 Å². The summed E-state index contributed by atoms with van der Waals surface area (Å²) in [6.07, 6.45) is 6.07. The average Bonchev–Trinajstić information content (AvgIpc) is 2.33. The number of fused-ring (bicyclic) bond motifs is 1. The van der Waals surface area contributed by atoms with Crippen LogP contribution in [-0.2, 0) is 6.42 Å². The van der Waals surface area contributed by atoms with E-state index in [1.165, 1.54) is 17.1 Å². The molecule has 0 fully saturated rings. The average molecular weight is 138 g/mol. The summed E-state index contributed by atoms with van der Waals surface area (Å²) in [5.41, 5.74) is 1.31. The van der Waals surface area contributed by atoms with Crippen molar-refractivity contribution in [2.45, 2.75) is 12.8 Å². The molecule has 2 heterocycles. The number of nitrogens with zero attached hydrogens (tertiary/aromatic N) is 2. The molecule has 3 heteroatoms. The predicted octanol–water partition coefficient (Wildman–Crippen LogP) is 1.79. The Labute approximate surface area is 57.4 Å². The van der Waals surface area contributed by atoms with E-state index in [2.05, 4.69) is 9.37 Å². The van der Waals surface area contributed by atoms with Crippen molar-refractivity contribution in [2.24, 2.45) is 4.99 Å². The molecule has 9 heavy (non-hydrogen) atoms. The molecule has 0 N–H and O–H groups in total. The Hall–Kier alpha value is -0.700. The first kappa shape index (κ1) is 5.11. The second-order valence-electron chi connectivity index (χ2n) is 2.01. The summed E-state index contributed by atoms with van der Waals surface area (Å²) in [7, 11) is 0. The van der Waals surface area contributed by atoms with E-state index in [9.17, 15) is 0 Å². The highest BCUT2D eigenvalue weighted by Crippen LogP contribution is 2.26. The maximum absolute atomic E-state index is 4.18. The summed E-state index contributed by atoms with van der Waals surface area (Å²) in [6, 6.07) is 0. The van der Waals surface area contributed by atoms with Crippen LogP contribution in [0.4, 0.5) is 5.00 Å². The van der Waals surface area contributed by atoms with Crippen LogP contribution in [0.2, 0.25) is 0 Å². The van der Waals surface area contributed by atoms with Crippen LogP contribution in [0.1, 0.15) is 12.0 Å². The SMILES string of the molecule is C1=Nc2sncc2CC1. The number of rotatable bonds is 0. The van der Waals surface area contributed by atoms with Gasteiger partial charge in [0.05, 0.1) is 0 Å². The van der Waals surface area contributed by atoms with Gasteiger partial charge in [0.25, 0.3) is 0 Å². The molecule has 0 atom stereocenters. The van der Waals surface area contributed by atoms with E-state index in [-0.39, 0.29) is 0 Å². The molecule has 0 bridgehead atoms. The summed E-state index contributed by atoms with van der Waals surface area (Å²) in [5.74, 6) is 0. The Morgan fingerprint density at radius 2 is 2.56 bits per heavy atom. The van der Waals surface area contributed by atoms with Gasteiger partial charge in [-0.25, -0.2) is 4.99 Å². The zero-order valence-corrected chi connectivity index (χ0v) is 5.69. The van der Waals surface area contributed by atoms with Crippen LogP contribution in [-0.4, -0.2) is 10.6 Å². The van der Waals surface area contributed by atoms with Gasteiger partial charge in [-0.15, -0.1) is 0 Å². The van der Waals surface area contributed by atoms with Crippen molar-refractivity contribution in [1.82, 2.24) is 4.37 Å². The molecule has 0 saturated carbocycles. The lowest BCUT2D eigenvalue weighted by Crippen LogP contribution is -1.88. The largest absolute Gasteiger partial charge is 0.248 e. The van der Waals surface area contributed by atoms with E-state index in [1.54, 1.807) is 0 Å². The van der Waals surface area contributed by atoms with Gasteiger partial charge in [-0.3, -0.25) is 0 Å². The zero-order chi connectivity index (χ0) is 6.10. The minimum atomic E-state index is 1.07. The van der Waals surface area contributed by atoms with Gasteiger partial charge in [0.1, 0.15) is 5.00 Å². The maximum Gasteiger partial charge on any atom is 0.138 e. The molecule has 0 saturated heterocycles. The molecule has 0 aliphatic carbocycles. The molecule has 1 aromatic rings. The van der Waals surface area contributed by atoms with Gasteiger partial charge in [-0.1, -0.05) is 0 Å². The smallest absolute Gasteiger partial charge is 0.138 e. The van der Waals surface area contributed by atoms with E-state index >= 15 is 0 Å². The van der Waals surface area contributed by atoms with Gasteiger partial charge in [0.15, 0.2) is 0 Å². The van der Waals surface area contributed by atoms with Crippen LogP contribution < -0.4 is 0 Å². The van der Waals surface area contributed by atoms with Gasteiger partial charge < -0.3 is 0 Å². The van der Waals surface area contributed by atoms with Crippen LogP contribution >= 0.6 is 11.5 Å². The normalized spacial score (nSPS) is 15.6. The van der Waals surface area contributed by atoms with Crippen LogP contribution in [0.15, 0.2) is 11.2 Å². The minimum absolute atomic E-state index is 1.07. The predicted molar refractivity (Wildman–Crippen MR) is 38.6 cm³/mol. The second kappa shape index (κ2) is 1.92. The van der Waals surface area contributed by atoms with E-state index in [1.807, 2.05) is 12.4 Å². The molecule has 0 spiro atoms. The van der Waals surface area contributed by atoms with Crippen LogP contribution in [0.5, 0.6) is 0 Å². The molecule has 0 radical (unpaired) electrons. The lowest BCUT2D eigenvalue weighted by Gasteiger charge is -1.99. The zero-order valence-electron chi connectivity index (χ0n) is 4.87. The number of aliphatic imine (C=N–C) groups is 1. The number of aromatic nitrogens is 1. The Bertz CT molecular complexity index is 239. The minimum Gasteiger partial charge on any atom is -0.248 e. The first-order chi connectivity index (χ1) is 4.47. The molecular formula is C6H6N2S. The first-order valence-electron chi connectivity index (χ1n) is 2.93. The number of aryl methyl sites for hydroxylation is 1. The van der Waals surface area contributed by atoms with Crippen molar-refractivity contribution in [3.05, 3.63) is 11.8 Å². The maximum atomic E-state index is 4.18. The van der Waals surface area contributed by atoms with Crippen LogP contribution in [0.25, 0.3) is 0 Å². The Kier molecular flexibility index (Phi) is 1.09. The van der Waals surface area contributed by atoms with Crippen LogP contribution in [0.3, 0.4) is 0 Å². The summed E-state index contributed by atoms with van der Waals surface area (Å²) >= 11 is 1.48. The molecule has 2 rings (SSSR count). The van der Waals surface area contributed by atoms with Crippen molar-refractivity contribution >= 4 is 22.7 Å². The van der Waals surface area contributed by atoms with Gasteiger partial charge in [0, 0.05) is 18.0 Å². The van der Waals surface area contributed by atoms with Gasteiger partial charge in [-0.05, 0) is 24.4 Å². The fourth-order valence-electron chi connectivity index (χ4n) is 0.899. The van der Waals surface area contributed by atoms with Crippen molar-refractivity contribution in [2.75, 3.05) is 0 Å². The van der Waals surface area contributed by atoms with E-state index < -0.39 is 0 Å². The molecule has 0 aromatic carbocycles. The monoisotopic (exact) mass is 138 g/mol. The van der Waals surface area contributed by atoms with Gasteiger partial charge in [-0.2, -0.15) is 4.37 Å². The quantitative estimate of drug-likeness (QED) is 0.536. The fraction of sp³-hybridized carbons (Fsp3) is 0.333.